The lowest BCUT2D eigenvalue weighted by atomic mass is 10.9. The van der Waals surface area contributed by atoms with Crippen molar-refractivity contribution in [3.8, 4) is 0 Å². The lowest BCUT2D eigenvalue weighted by Gasteiger charge is -2.38. The summed E-state index contributed by atoms with van der Waals surface area (Å²) in [6.45, 7) is 9.18. The maximum atomic E-state index is 6.37. The second-order valence-corrected chi connectivity index (χ2v) is 23.2. The van der Waals surface area contributed by atoms with E-state index in [4.69, 9.17) is 10.8 Å². The Morgan fingerprint density at radius 2 is 1.70 bits per heavy atom. The molecule has 10 heteroatoms. The van der Waals surface area contributed by atoms with Gasteiger partial charge < -0.3 is 30.1 Å². The summed E-state index contributed by atoms with van der Waals surface area (Å²) in [7, 11) is -2.56. The number of nitrogens with two attached hydrogens (primary N) is 2. The fourth-order valence-corrected chi connectivity index (χ4v) is 24.7. The van der Waals surface area contributed by atoms with Crippen LogP contribution in [0.3, 0.4) is 0 Å². The minimum absolute atomic E-state index is 1.10. The Balaban J connectivity index is 2.66. The molecular weight excluding hydrogens is 316 g/mol. The SMILES string of the molecule is CN[Si](C)(N)CC[Si](C)(NC)N[Si]1(C)CC[Si](C)(N)N1. The highest BCUT2D eigenvalue weighted by molar-refractivity contribution is 7.00. The first-order chi connectivity index (χ1) is 8.95. The van der Waals surface area contributed by atoms with Gasteiger partial charge in [0.15, 0.2) is 33.6 Å². The number of nitrogens with one attached hydrogen (secondary N) is 4. The summed E-state index contributed by atoms with van der Waals surface area (Å²) in [4.78, 5) is 6.91. The summed E-state index contributed by atoms with van der Waals surface area (Å²) in [6, 6.07) is 4.70. The van der Waals surface area contributed by atoms with Gasteiger partial charge in [-0.25, -0.2) is 0 Å². The summed E-state index contributed by atoms with van der Waals surface area (Å²) in [5.74, 6) is 0. The standard InChI is InChI=1S/C10H34N6Si4/c1-13-17(3,11)7-9-19(5,14-2)16-20(6)10-8-18(4,12)15-20/h13-16H,7-12H2,1-6H3. The molecule has 20 heavy (non-hydrogen) atoms. The molecule has 1 rings (SSSR count). The Hall–Kier alpha value is 0.628. The van der Waals surface area contributed by atoms with Gasteiger partial charge in [0.25, 0.3) is 0 Å². The number of hydrogen-bond acceptors (Lipinski definition) is 6. The van der Waals surface area contributed by atoms with Crippen molar-refractivity contribution in [3.05, 3.63) is 0 Å². The van der Waals surface area contributed by atoms with Crippen LogP contribution >= 0.6 is 0 Å². The van der Waals surface area contributed by atoms with Crippen molar-refractivity contribution >= 4 is 33.6 Å². The van der Waals surface area contributed by atoms with E-state index in [9.17, 15) is 0 Å². The first-order valence-electron chi connectivity index (χ1n) is 7.49. The van der Waals surface area contributed by atoms with Crippen molar-refractivity contribution in [1.29, 1.82) is 0 Å². The van der Waals surface area contributed by atoms with Crippen LogP contribution in [0.1, 0.15) is 0 Å². The van der Waals surface area contributed by atoms with Crippen LogP contribution < -0.4 is 30.1 Å². The van der Waals surface area contributed by atoms with Crippen molar-refractivity contribution in [2.75, 3.05) is 14.1 Å². The van der Waals surface area contributed by atoms with Crippen LogP contribution in [-0.2, 0) is 0 Å². The minimum atomic E-state index is -1.73. The summed E-state index contributed by atoms with van der Waals surface area (Å²) in [6.07, 6.45) is 0. The lowest BCUT2D eigenvalue weighted by Crippen LogP contribution is -2.75. The third kappa shape index (κ3) is 5.44. The van der Waals surface area contributed by atoms with Gasteiger partial charge >= 0.3 is 0 Å². The molecule has 4 unspecified atom stereocenters. The molecule has 6 nitrogen and oxygen atoms in total. The van der Waals surface area contributed by atoms with Crippen LogP contribution in [0.25, 0.3) is 0 Å². The molecule has 0 radical (unpaired) electrons. The molecule has 0 bridgehead atoms. The topological polar surface area (TPSA) is 100 Å². The molecule has 0 amide bonds. The van der Waals surface area contributed by atoms with Crippen molar-refractivity contribution in [1.82, 2.24) is 19.3 Å². The molecule has 8 N–H and O–H groups in total. The zero-order valence-electron chi connectivity index (χ0n) is 14.0. The molecular formula is C10H34N6Si4. The van der Waals surface area contributed by atoms with Crippen molar-refractivity contribution < 1.29 is 0 Å². The van der Waals surface area contributed by atoms with E-state index in [1.165, 1.54) is 12.1 Å². The van der Waals surface area contributed by atoms with Gasteiger partial charge in [0.1, 0.15) is 0 Å². The highest BCUT2D eigenvalue weighted by Crippen LogP contribution is 2.24. The van der Waals surface area contributed by atoms with E-state index in [1.54, 1.807) is 0 Å². The predicted octanol–water partition coefficient (Wildman–Crippen LogP) is -0.177. The fraction of sp³-hybridized carbons (Fsp3) is 1.00. The van der Waals surface area contributed by atoms with Crippen molar-refractivity contribution in [3.63, 3.8) is 0 Å². The molecule has 0 saturated carbocycles. The van der Waals surface area contributed by atoms with Crippen molar-refractivity contribution in [2.45, 2.75) is 50.4 Å². The van der Waals surface area contributed by atoms with Crippen LogP contribution in [0, 0.1) is 0 Å². The van der Waals surface area contributed by atoms with Gasteiger partial charge in [-0.3, -0.25) is 0 Å². The van der Waals surface area contributed by atoms with Gasteiger partial charge in [0.2, 0.25) is 0 Å². The van der Waals surface area contributed by atoms with E-state index in [0.717, 1.165) is 12.1 Å². The summed E-state index contributed by atoms with van der Waals surface area (Å²) in [5.41, 5.74) is 0. The Morgan fingerprint density at radius 1 is 1.10 bits per heavy atom. The molecule has 4 atom stereocenters. The van der Waals surface area contributed by atoms with E-state index >= 15 is 0 Å². The van der Waals surface area contributed by atoms with Crippen LogP contribution in [0.2, 0.25) is 50.4 Å². The summed E-state index contributed by atoms with van der Waals surface area (Å²) in [5, 5.41) is 12.7. The molecule has 0 spiro atoms. The molecule has 0 aromatic carbocycles. The molecule has 0 aromatic heterocycles. The number of rotatable bonds is 7. The predicted molar refractivity (Wildman–Crippen MR) is 98.5 cm³/mol. The van der Waals surface area contributed by atoms with Gasteiger partial charge in [0, 0.05) is 0 Å². The molecule has 1 heterocycles. The average Bonchev–Trinajstić information content (AvgIpc) is 2.61. The molecule has 1 aliphatic rings. The van der Waals surface area contributed by atoms with Crippen LogP contribution in [-0.4, -0.2) is 47.7 Å². The van der Waals surface area contributed by atoms with Crippen LogP contribution in [0.5, 0.6) is 0 Å². The van der Waals surface area contributed by atoms with Gasteiger partial charge in [-0.2, -0.15) is 0 Å². The minimum Gasteiger partial charge on any atom is -0.339 e. The zero-order valence-corrected chi connectivity index (χ0v) is 18.0. The summed E-state index contributed by atoms with van der Waals surface area (Å²) < 4.78 is 7.83. The quantitative estimate of drug-likeness (QED) is 0.356. The Morgan fingerprint density at radius 3 is 2.10 bits per heavy atom. The van der Waals surface area contributed by atoms with E-state index in [-0.39, 0.29) is 0 Å². The Bertz CT molecular complexity index is 342. The summed E-state index contributed by atoms with van der Waals surface area (Å²) >= 11 is 0. The van der Waals surface area contributed by atoms with E-state index in [1.807, 2.05) is 7.05 Å². The third-order valence-corrected chi connectivity index (χ3v) is 21.8. The van der Waals surface area contributed by atoms with Gasteiger partial charge in [-0.05, 0) is 64.5 Å². The molecule has 1 saturated heterocycles. The third-order valence-electron chi connectivity index (χ3n) is 4.52. The number of hydrogen-bond donors (Lipinski definition) is 6. The first kappa shape index (κ1) is 18.7. The highest BCUT2D eigenvalue weighted by atomic mass is 28.5. The van der Waals surface area contributed by atoms with Gasteiger partial charge in [-0.15, -0.1) is 0 Å². The first-order valence-corrected chi connectivity index (χ1v) is 18.5. The van der Waals surface area contributed by atoms with E-state index in [0.29, 0.717) is 0 Å². The van der Waals surface area contributed by atoms with E-state index < -0.39 is 33.6 Å². The van der Waals surface area contributed by atoms with E-state index in [2.05, 4.69) is 52.5 Å². The van der Waals surface area contributed by atoms with Gasteiger partial charge in [0.05, 0.1) is 0 Å². The fourth-order valence-electron chi connectivity index (χ4n) is 2.85. The highest BCUT2D eigenvalue weighted by Gasteiger charge is 2.47. The van der Waals surface area contributed by atoms with Crippen LogP contribution in [0.4, 0.5) is 0 Å². The van der Waals surface area contributed by atoms with Crippen molar-refractivity contribution in [2.24, 2.45) is 10.8 Å². The molecule has 0 aliphatic carbocycles. The zero-order chi connectivity index (χ0) is 15.7. The van der Waals surface area contributed by atoms with Gasteiger partial charge in [-0.1, -0.05) is 0 Å². The smallest absolute Gasteiger partial charge is 0.195 e. The lowest BCUT2D eigenvalue weighted by molar-refractivity contribution is 0.993. The molecule has 120 valence electrons. The van der Waals surface area contributed by atoms with Crippen LogP contribution in [0.15, 0.2) is 0 Å². The maximum absolute atomic E-state index is 6.37. The maximum Gasteiger partial charge on any atom is 0.195 e. The molecule has 1 aliphatic heterocycles. The second-order valence-electron chi connectivity index (χ2n) is 7.25. The Labute approximate surface area is 128 Å². The average molecular weight is 351 g/mol. The second kappa shape index (κ2) is 6.40. The molecule has 0 aromatic rings. The normalized spacial score (nSPS) is 36.6. The molecule has 1 fully saturated rings. The largest absolute Gasteiger partial charge is 0.339 e. The monoisotopic (exact) mass is 350 g/mol. The Kier molecular flexibility index (Phi) is 5.97.